The summed E-state index contributed by atoms with van der Waals surface area (Å²) < 4.78 is 5.76. The zero-order chi connectivity index (χ0) is 19.1. The standard InChI is InChI=1S/C21H29N3O2S/c1-3-26-20-9-5-4-8-19(20)24-14-12-23(13-15-24)17(2)21(25)22-11-10-18-7-6-16-27-18/h4-9,16-17H,3,10-15H2,1-2H3,(H,22,25)/t17-/m1/s1. The number of amides is 1. The number of anilines is 1. The molecule has 146 valence electrons. The lowest BCUT2D eigenvalue weighted by molar-refractivity contribution is -0.125. The van der Waals surface area contributed by atoms with Crippen molar-refractivity contribution in [2.75, 3.05) is 44.2 Å². The fourth-order valence-electron chi connectivity index (χ4n) is 3.42. The lowest BCUT2D eigenvalue weighted by Gasteiger charge is -2.39. The van der Waals surface area contributed by atoms with Gasteiger partial charge in [0.2, 0.25) is 5.91 Å². The number of rotatable bonds is 8. The second-order valence-electron chi connectivity index (χ2n) is 6.72. The summed E-state index contributed by atoms with van der Waals surface area (Å²) in [5, 5.41) is 5.15. The Morgan fingerprint density at radius 3 is 2.67 bits per heavy atom. The predicted octanol–water partition coefficient (Wildman–Crippen LogP) is 3.02. The Labute approximate surface area is 165 Å². The molecule has 0 bridgehead atoms. The second kappa shape index (κ2) is 9.76. The molecular weight excluding hydrogens is 358 g/mol. The van der Waals surface area contributed by atoms with Crippen LogP contribution in [0.4, 0.5) is 5.69 Å². The lowest BCUT2D eigenvalue weighted by atomic mass is 10.2. The van der Waals surface area contributed by atoms with E-state index in [1.54, 1.807) is 11.3 Å². The number of hydrogen-bond acceptors (Lipinski definition) is 5. The first-order chi connectivity index (χ1) is 13.2. The third-order valence-electron chi connectivity index (χ3n) is 5.00. The van der Waals surface area contributed by atoms with Crippen molar-refractivity contribution in [3.8, 4) is 5.75 Å². The molecule has 1 N–H and O–H groups in total. The first kappa shape index (κ1) is 19.7. The highest BCUT2D eigenvalue weighted by molar-refractivity contribution is 7.09. The summed E-state index contributed by atoms with van der Waals surface area (Å²) in [7, 11) is 0. The van der Waals surface area contributed by atoms with E-state index in [9.17, 15) is 4.79 Å². The summed E-state index contributed by atoms with van der Waals surface area (Å²) >= 11 is 1.74. The molecule has 1 aromatic heterocycles. The van der Waals surface area contributed by atoms with Gasteiger partial charge in [0.1, 0.15) is 5.75 Å². The number of carbonyl (C=O) groups excluding carboxylic acids is 1. The lowest BCUT2D eigenvalue weighted by Crippen LogP contribution is -2.54. The fourth-order valence-corrected chi connectivity index (χ4v) is 4.13. The summed E-state index contributed by atoms with van der Waals surface area (Å²) in [6.07, 6.45) is 0.901. The van der Waals surface area contributed by atoms with Crippen molar-refractivity contribution in [1.82, 2.24) is 10.2 Å². The highest BCUT2D eigenvalue weighted by Crippen LogP contribution is 2.29. The van der Waals surface area contributed by atoms with Crippen LogP contribution in [0, 0.1) is 0 Å². The molecule has 0 unspecified atom stereocenters. The Balaban J connectivity index is 1.47. The number of thiophene rings is 1. The van der Waals surface area contributed by atoms with E-state index >= 15 is 0 Å². The van der Waals surface area contributed by atoms with Gasteiger partial charge in [-0.25, -0.2) is 0 Å². The average molecular weight is 388 g/mol. The highest BCUT2D eigenvalue weighted by Gasteiger charge is 2.26. The zero-order valence-corrected chi connectivity index (χ0v) is 17.0. The minimum Gasteiger partial charge on any atom is -0.492 e. The van der Waals surface area contributed by atoms with Gasteiger partial charge in [0.05, 0.1) is 18.3 Å². The van der Waals surface area contributed by atoms with E-state index in [1.165, 1.54) is 4.88 Å². The molecule has 2 aromatic rings. The van der Waals surface area contributed by atoms with Crippen molar-refractivity contribution < 1.29 is 9.53 Å². The number of piperazine rings is 1. The van der Waals surface area contributed by atoms with Crippen LogP contribution in [0.2, 0.25) is 0 Å². The third-order valence-corrected chi connectivity index (χ3v) is 5.93. The first-order valence-corrected chi connectivity index (χ1v) is 10.6. The molecule has 1 atom stereocenters. The quantitative estimate of drug-likeness (QED) is 0.756. The van der Waals surface area contributed by atoms with Crippen LogP contribution in [-0.2, 0) is 11.2 Å². The summed E-state index contributed by atoms with van der Waals surface area (Å²) in [5.41, 5.74) is 1.15. The maximum atomic E-state index is 12.5. The minimum atomic E-state index is -0.0994. The number of para-hydroxylation sites is 2. The number of nitrogens with one attached hydrogen (secondary N) is 1. The van der Waals surface area contributed by atoms with E-state index in [0.717, 1.165) is 44.0 Å². The van der Waals surface area contributed by atoms with E-state index in [1.807, 2.05) is 38.1 Å². The van der Waals surface area contributed by atoms with Crippen molar-refractivity contribution in [3.63, 3.8) is 0 Å². The van der Waals surface area contributed by atoms with Crippen LogP contribution in [0.25, 0.3) is 0 Å². The van der Waals surface area contributed by atoms with Gasteiger partial charge in [0, 0.05) is 37.6 Å². The van der Waals surface area contributed by atoms with Gasteiger partial charge in [-0.3, -0.25) is 9.69 Å². The highest BCUT2D eigenvalue weighted by atomic mass is 32.1. The van der Waals surface area contributed by atoms with Crippen LogP contribution in [0.5, 0.6) is 5.75 Å². The number of benzene rings is 1. The number of carbonyl (C=O) groups is 1. The van der Waals surface area contributed by atoms with Crippen molar-refractivity contribution in [2.45, 2.75) is 26.3 Å². The maximum absolute atomic E-state index is 12.5. The molecule has 0 saturated carbocycles. The van der Waals surface area contributed by atoms with Crippen molar-refractivity contribution in [2.24, 2.45) is 0 Å². The number of nitrogens with zero attached hydrogens (tertiary/aromatic N) is 2. The number of hydrogen-bond donors (Lipinski definition) is 1. The molecule has 3 rings (SSSR count). The molecule has 1 aliphatic heterocycles. The minimum absolute atomic E-state index is 0.0994. The fraction of sp³-hybridized carbons (Fsp3) is 0.476. The van der Waals surface area contributed by atoms with Gasteiger partial charge >= 0.3 is 0 Å². The Hall–Kier alpha value is -2.05. The summed E-state index contributed by atoms with van der Waals surface area (Å²) in [4.78, 5) is 18.4. The van der Waals surface area contributed by atoms with E-state index in [0.29, 0.717) is 13.2 Å². The summed E-state index contributed by atoms with van der Waals surface area (Å²) in [6, 6.07) is 12.3. The maximum Gasteiger partial charge on any atom is 0.237 e. The van der Waals surface area contributed by atoms with Crippen molar-refractivity contribution in [1.29, 1.82) is 0 Å². The number of ether oxygens (including phenoxy) is 1. The molecule has 0 spiro atoms. The first-order valence-electron chi connectivity index (χ1n) is 9.70. The van der Waals surface area contributed by atoms with Crippen molar-refractivity contribution >= 4 is 22.9 Å². The molecule has 1 aromatic carbocycles. The van der Waals surface area contributed by atoms with Gasteiger partial charge in [-0.1, -0.05) is 18.2 Å². The smallest absolute Gasteiger partial charge is 0.237 e. The van der Waals surface area contributed by atoms with Gasteiger partial charge < -0.3 is 15.0 Å². The monoisotopic (exact) mass is 387 g/mol. The molecule has 0 radical (unpaired) electrons. The van der Waals surface area contributed by atoms with Crippen LogP contribution in [0.3, 0.4) is 0 Å². The van der Waals surface area contributed by atoms with Crippen LogP contribution in [-0.4, -0.2) is 56.2 Å². The van der Waals surface area contributed by atoms with Crippen molar-refractivity contribution in [3.05, 3.63) is 46.7 Å². The Morgan fingerprint density at radius 1 is 1.19 bits per heavy atom. The molecule has 1 fully saturated rings. The topological polar surface area (TPSA) is 44.8 Å². The van der Waals surface area contributed by atoms with Gasteiger partial charge in [-0.05, 0) is 43.8 Å². The summed E-state index contributed by atoms with van der Waals surface area (Å²) in [5.74, 6) is 1.06. The third kappa shape index (κ3) is 5.23. The van der Waals surface area contributed by atoms with E-state index in [4.69, 9.17) is 4.74 Å². The molecule has 1 aliphatic rings. The molecule has 27 heavy (non-hydrogen) atoms. The molecule has 6 heteroatoms. The Morgan fingerprint density at radius 2 is 1.96 bits per heavy atom. The molecule has 2 heterocycles. The zero-order valence-electron chi connectivity index (χ0n) is 16.2. The molecule has 5 nitrogen and oxygen atoms in total. The van der Waals surface area contributed by atoms with E-state index in [2.05, 4.69) is 32.6 Å². The predicted molar refractivity (Wildman–Crippen MR) is 112 cm³/mol. The van der Waals surface area contributed by atoms with Crippen LogP contribution in [0.15, 0.2) is 41.8 Å². The second-order valence-corrected chi connectivity index (χ2v) is 7.75. The molecule has 1 saturated heterocycles. The average Bonchev–Trinajstić information content (AvgIpc) is 3.22. The van der Waals surface area contributed by atoms with Crippen LogP contribution < -0.4 is 15.0 Å². The largest absolute Gasteiger partial charge is 0.492 e. The van der Waals surface area contributed by atoms with E-state index < -0.39 is 0 Å². The SMILES string of the molecule is CCOc1ccccc1N1CCN([C@H](C)C(=O)NCCc2cccs2)CC1. The van der Waals surface area contributed by atoms with Gasteiger partial charge in [-0.2, -0.15) is 0 Å². The van der Waals surface area contributed by atoms with Gasteiger partial charge in [-0.15, -0.1) is 11.3 Å². The normalized spacial score (nSPS) is 16.1. The molecule has 0 aliphatic carbocycles. The van der Waals surface area contributed by atoms with Gasteiger partial charge in [0.25, 0.3) is 0 Å². The van der Waals surface area contributed by atoms with Crippen LogP contribution in [0.1, 0.15) is 18.7 Å². The Kier molecular flexibility index (Phi) is 7.12. The Bertz CT molecular complexity index is 712. The summed E-state index contributed by atoms with van der Waals surface area (Å²) in [6.45, 7) is 8.93. The van der Waals surface area contributed by atoms with Gasteiger partial charge in [0.15, 0.2) is 0 Å². The van der Waals surface area contributed by atoms with Crippen LogP contribution >= 0.6 is 11.3 Å². The molecular formula is C21H29N3O2S. The van der Waals surface area contributed by atoms with E-state index in [-0.39, 0.29) is 11.9 Å². The molecule has 1 amide bonds.